The van der Waals surface area contributed by atoms with Crippen molar-refractivity contribution in [3.63, 3.8) is 0 Å². The Balaban J connectivity index is 1.35. The third-order valence-electron chi connectivity index (χ3n) is 5.17. The second-order valence-corrected chi connectivity index (χ2v) is 6.97. The van der Waals surface area contributed by atoms with Crippen molar-refractivity contribution in [2.24, 2.45) is 0 Å². The first kappa shape index (κ1) is 16.3. The van der Waals surface area contributed by atoms with Crippen LogP contribution in [0, 0.1) is 6.92 Å². The summed E-state index contributed by atoms with van der Waals surface area (Å²) in [7, 11) is 0. The third kappa shape index (κ3) is 4.94. The molecule has 0 unspecified atom stereocenters. The van der Waals surface area contributed by atoms with Gasteiger partial charge in [0.2, 0.25) is 0 Å². The average Bonchev–Trinajstić information content (AvgIpc) is 2.61. The number of hydrogen-bond acceptors (Lipinski definition) is 1. The van der Waals surface area contributed by atoms with E-state index in [9.17, 15) is 0 Å². The fourth-order valence-corrected chi connectivity index (χ4v) is 3.64. The fourth-order valence-electron chi connectivity index (χ4n) is 3.64. The molecule has 0 spiro atoms. The number of nitrogens with zero attached hydrogens (tertiary/aromatic N) is 1. The molecule has 0 atom stereocenters. The molecule has 0 aliphatic carbocycles. The van der Waals surface area contributed by atoms with E-state index in [0.29, 0.717) is 0 Å². The van der Waals surface area contributed by atoms with Gasteiger partial charge in [-0.25, -0.2) is 0 Å². The van der Waals surface area contributed by atoms with Crippen LogP contribution in [0.5, 0.6) is 0 Å². The number of rotatable bonds is 6. The van der Waals surface area contributed by atoms with E-state index in [1.807, 2.05) is 0 Å². The summed E-state index contributed by atoms with van der Waals surface area (Å²) < 4.78 is 0. The van der Waals surface area contributed by atoms with E-state index in [2.05, 4.69) is 66.4 Å². The second kappa shape index (κ2) is 8.31. The molecule has 1 aliphatic rings. The zero-order valence-electron chi connectivity index (χ0n) is 14.4. The standard InChI is InChI=1S/C22H29N/c1-19-10-12-21(13-11-19)22-14-17-23(18-15-22)16-6-5-9-20-7-3-2-4-8-20/h2-4,7-8,10-13,22H,5-6,9,14-18H2,1H3. The van der Waals surface area contributed by atoms with Crippen molar-refractivity contribution in [1.29, 1.82) is 0 Å². The molecule has 0 radical (unpaired) electrons. The van der Waals surface area contributed by atoms with Crippen LogP contribution in [0.25, 0.3) is 0 Å². The zero-order chi connectivity index (χ0) is 15.9. The van der Waals surface area contributed by atoms with Gasteiger partial charge in [0.15, 0.2) is 0 Å². The van der Waals surface area contributed by atoms with Crippen molar-refractivity contribution in [1.82, 2.24) is 4.90 Å². The summed E-state index contributed by atoms with van der Waals surface area (Å²) in [6, 6.07) is 20.0. The van der Waals surface area contributed by atoms with Crippen LogP contribution in [0.4, 0.5) is 0 Å². The molecular weight excluding hydrogens is 278 g/mol. The van der Waals surface area contributed by atoms with Crippen LogP contribution in [0.15, 0.2) is 54.6 Å². The Bertz CT molecular complexity index is 565. The highest BCUT2D eigenvalue weighted by Crippen LogP contribution is 2.28. The van der Waals surface area contributed by atoms with Gasteiger partial charge in [-0.3, -0.25) is 0 Å². The Morgan fingerprint density at radius 1 is 0.870 bits per heavy atom. The Hall–Kier alpha value is -1.60. The van der Waals surface area contributed by atoms with Crippen molar-refractivity contribution in [2.45, 2.75) is 44.9 Å². The van der Waals surface area contributed by atoms with E-state index < -0.39 is 0 Å². The Labute approximate surface area is 141 Å². The van der Waals surface area contributed by atoms with Gasteiger partial charge in [0.1, 0.15) is 0 Å². The molecule has 23 heavy (non-hydrogen) atoms. The fraction of sp³-hybridized carbons (Fsp3) is 0.455. The molecule has 3 rings (SSSR count). The van der Waals surface area contributed by atoms with Gasteiger partial charge >= 0.3 is 0 Å². The van der Waals surface area contributed by atoms with E-state index >= 15 is 0 Å². The highest BCUT2D eigenvalue weighted by Gasteiger charge is 2.19. The van der Waals surface area contributed by atoms with Crippen LogP contribution >= 0.6 is 0 Å². The molecule has 0 bridgehead atoms. The van der Waals surface area contributed by atoms with Crippen LogP contribution in [0.2, 0.25) is 0 Å². The van der Waals surface area contributed by atoms with Crippen molar-refractivity contribution < 1.29 is 0 Å². The molecule has 122 valence electrons. The lowest BCUT2D eigenvalue weighted by atomic mass is 9.89. The number of likely N-dealkylation sites (tertiary alicyclic amines) is 1. The first-order chi connectivity index (χ1) is 11.3. The van der Waals surface area contributed by atoms with Crippen LogP contribution in [-0.2, 0) is 6.42 Å². The zero-order valence-corrected chi connectivity index (χ0v) is 14.4. The SMILES string of the molecule is Cc1ccc(C2CCN(CCCCc3ccccc3)CC2)cc1. The lowest BCUT2D eigenvalue weighted by Gasteiger charge is -2.32. The smallest absolute Gasteiger partial charge is 0.00129 e. The van der Waals surface area contributed by atoms with Gasteiger partial charge in [-0.1, -0.05) is 60.2 Å². The molecule has 1 heterocycles. The predicted octanol–water partition coefficient (Wildman–Crippen LogP) is 5.20. The Morgan fingerprint density at radius 2 is 1.57 bits per heavy atom. The van der Waals surface area contributed by atoms with E-state index in [0.717, 1.165) is 5.92 Å². The van der Waals surface area contributed by atoms with Crippen LogP contribution in [-0.4, -0.2) is 24.5 Å². The summed E-state index contributed by atoms with van der Waals surface area (Å²) >= 11 is 0. The summed E-state index contributed by atoms with van der Waals surface area (Å²) in [5.41, 5.74) is 4.38. The number of benzene rings is 2. The van der Waals surface area contributed by atoms with Crippen molar-refractivity contribution >= 4 is 0 Å². The van der Waals surface area contributed by atoms with E-state index in [-0.39, 0.29) is 0 Å². The van der Waals surface area contributed by atoms with Crippen molar-refractivity contribution in [3.8, 4) is 0 Å². The topological polar surface area (TPSA) is 3.24 Å². The molecule has 1 heteroatoms. The number of hydrogen-bond donors (Lipinski definition) is 0. The number of aryl methyl sites for hydroxylation is 2. The quantitative estimate of drug-likeness (QED) is 0.663. The largest absolute Gasteiger partial charge is 0.303 e. The molecule has 2 aromatic carbocycles. The molecule has 1 aliphatic heterocycles. The first-order valence-corrected chi connectivity index (χ1v) is 9.14. The molecular formula is C22H29N. The van der Waals surface area contributed by atoms with Crippen LogP contribution < -0.4 is 0 Å². The predicted molar refractivity (Wildman–Crippen MR) is 99.0 cm³/mol. The highest BCUT2D eigenvalue weighted by atomic mass is 15.1. The lowest BCUT2D eigenvalue weighted by molar-refractivity contribution is 0.209. The number of piperidine rings is 1. The number of unbranched alkanes of at least 4 members (excludes halogenated alkanes) is 1. The first-order valence-electron chi connectivity index (χ1n) is 9.14. The molecule has 0 aromatic heterocycles. The van der Waals surface area contributed by atoms with E-state index in [4.69, 9.17) is 0 Å². The molecule has 1 fully saturated rings. The minimum atomic E-state index is 0.774. The van der Waals surface area contributed by atoms with Crippen molar-refractivity contribution in [2.75, 3.05) is 19.6 Å². The molecule has 1 nitrogen and oxygen atoms in total. The maximum Gasteiger partial charge on any atom is -0.00129 e. The van der Waals surface area contributed by atoms with E-state index in [1.54, 1.807) is 5.56 Å². The maximum atomic E-state index is 2.66. The molecule has 0 N–H and O–H groups in total. The van der Waals surface area contributed by atoms with Gasteiger partial charge in [0, 0.05) is 0 Å². The maximum absolute atomic E-state index is 2.66. The summed E-state index contributed by atoms with van der Waals surface area (Å²) in [6.45, 7) is 5.98. The minimum Gasteiger partial charge on any atom is -0.303 e. The average molecular weight is 307 g/mol. The van der Waals surface area contributed by atoms with Gasteiger partial charge in [0.05, 0.1) is 0 Å². The third-order valence-corrected chi connectivity index (χ3v) is 5.17. The van der Waals surface area contributed by atoms with E-state index in [1.165, 1.54) is 62.9 Å². The van der Waals surface area contributed by atoms with Gasteiger partial charge in [-0.05, 0) is 75.7 Å². The Kier molecular flexibility index (Phi) is 5.87. The molecule has 1 saturated heterocycles. The van der Waals surface area contributed by atoms with Crippen molar-refractivity contribution in [3.05, 3.63) is 71.3 Å². The summed E-state index contributed by atoms with van der Waals surface area (Å²) in [5.74, 6) is 0.774. The van der Waals surface area contributed by atoms with Gasteiger partial charge in [-0.15, -0.1) is 0 Å². The van der Waals surface area contributed by atoms with Gasteiger partial charge in [-0.2, -0.15) is 0 Å². The monoisotopic (exact) mass is 307 g/mol. The molecule has 0 saturated carbocycles. The summed E-state index contributed by atoms with van der Waals surface area (Å²) in [6.07, 6.45) is 6.50. The molecule has 0 amide bonds. The minimum absolute atomic E-state index is 0.774. The van der Waals surface area contributed by atoms with Gasteiger partial charge in [0.25, 0.3) is 0 Å². The van der Waals surface area contributed by atoms with Crippen LogP contribution in [0.3, 0.4) is 0 Å². The van der Waals surface area contributed by atoms with Gasteiger partial charge < -0.3 is 4.90 Å². The normalized spacial score (nSPS) is 16.6. The second-order valence-electron chi connectivity index (χ2n) is 6.97. The summed E-state index contributed by atoms with van der Waals surface area (Å²) in [4.78, 5) is 2.66. The Morgan fingerprint density at radius 3 is 2.26 bits per heavy atom. The molecule has 2 aromatic rings. The lowest BCUT2D eigenvalue weighted by Crippen LogP contribution is -2.33. The van der Waals surface area contributed by atoms with Crippen LogP contribution in [0.1, 0.15) is 48.3 Å². The highest BCUT2D eigenvalue weighted by molar-refractivity contribution is 5.24. The summed E-state index contributed by atoms with van der Waals surface area (Å²) in [5, 5.41) is 0.